The number of hydrogen-bond acceptors (Lipinski definition) is 7. The average molecular weight is 347 g/mol. The minimum absolute atomic E-state index is 0.0177. The largest absolute Gasteiger partial charge is 0.377 e. The second-order valence-electron chi connectivity index (χ2n) is 6.35. The fourth-order valence-corrected chi connectivity index (χ4v) is 3.25. The highest BCUT2D eigenvalue weighted by molar-refractivity contribution is 5.93. The van der Waals surface area contributed by atoms with E-state index in [1.165, 1.54) is 0 Å². The van der Waals surface area contributed by atoms with Crippen LogP contribution in [-0.4, -0.2) is 71.2 Å². The Bertz CT molecular complexity index is 758. The highest BCUT2D eigenvalue weighted by atomic mass is 16.5. The lowest BCUT2D eigenvalue weighted by molar-refractivity contribution is 0.174. The van der Waals surface area contributed by atoms with Crippen molar-refractivity contribution in [1.29, 1.82) is 0 Å². The fourth-order valence-electron chi connectivity index (χ4n) is 3.25. The molecular formula is C15H21N7O3. The predicted octanol–water partition coefficient (Wildman–Crippen LogP) is 0.736. The topological polar surface area (TPSA) is 92.8 Å². The van der Waals surface area contributed by atoms with E-state index in [0.717, 1.165) is 31.7 Å². The molecule has 2 saturated heterocycles. The zero-order valence-corrected chi connectivity index (χ0v) is 14.3. The Morgan fingerprint density at radius 3 is 3.00 bits per heavy atom. The van der Waals surface area contributed by atoms with Gasteiger partial charge < -0.3 is 19.1 Å². The Labute approximate surface area is 144 Å². The minimum atomic E-state index is 0.0177. The van der Waals surface area contributed by atoms with E-state index in [1.54, 1.807) is 23.1 Å². The van der Waals surface area contributed by atoms with Crippen LogP contribution in [0.2, 0.25) is 0 Å². The zero-order chi connectivity index (χ0) is 17.4. The molecule has 0 aliphatic carbocycles. The summed E-state index contributed by atoms with van der Waals surface area (Å²) in [6.45, 7) is 3.33. The molecule has 2 fully saturated rings. The zero-order valence-electron chi connectivity index (χ0n) is 14.3. The van der Waals surface area contributed by atoms with Crippen molar-refractivity contribution < 1.29 is 14.1 Å². The normalized spacial score (nSPS) is 21.0. The van der Waals surface area contributed by atoms with Crippen LogP contribution < -0.4 is 9.80 Å². The van der Waals surface area contributed by atoms with Gasteiger partial charge in [0.15, 0.2) is 5.82 Å². The monoisotopic (exact) mass is 347 g/mol. The van der Waals surface area contributed by atoms with Crippen LogP contribution in [-0.2, 0) is 11.3 Å². The maximum atomic E-state index is 12.1. The van der Waals surface area contributed by atoms with Gasteiger partial charge in [-0.15, -0.1) is 0 Å². The van der Waals surface area contributed by atoms with Crippen molar-refractivity contribution in [3.8, 4) is 0 Å². The van der Waals surface area contributed by atoms with Gasteiger partial charge in [0.05, 0.1) is 17.9 Å². The molecule has 0 N–H and O–H groups in total. The highest BCUT2D eigenvalue weighted by Crippen LogP contribution is 2.27. The number of amides is 2. The third-order valence-electron chi connectivity index (χ3n) is 4.65. The van der Waals surface area contributed by atoms with Gasteiger partial charge in [-0.1, -0.05) is 5.16 Å². The van der Waals surface area contributed by atoms with E-state index in [1.807, 2.05) is 22.8 Å². The maximum absolute atomic E-state index is 12.1. The van der Waals surface area contributed by atoms with Crippen LogP contribution in [0, 0.1) is 0 Å². The molecule has 2 amide bonds. The summed E-state index contributed by atoms with van der Waals surface area (Å²) in [6.07, 6.45) is 4.62. The van der Waals surface area contributed by atoms with Crippen molar-refractivity contribution in [3.63, 3.8) is 0 Å². The number of nitrogens with zero attached hydrogens (tertiary/aromatic N) is 7. The lowest BCUT2D eigenvalue weighted by Crippen LogP contribution is -2.28. The summed E-state index contributed by atoms with van der Waals surface area (Å²) in [5, 5.41) is 8.35. The van der Waals surface area contributed by atoms with Crippen molar-refractivity contribution in [2.45, 2.75) is 19.1 Å². The molecule has 4 heterocycles. The first kappa shape index (κ1) is 15.9. The van der Waals surface area contributed by atoms with Gasteiger partial charge in [0.2, 0.25) is 0 Å². The van der Waals surface area contributed by atoms with Crippen LogP contribution in [0.1, 0.15) is 18.3 Å². The van der Waals surface area contributed by atoms with Crippen LogP contribution in [0.3, 0.4) is 0 Å². The number of ether oxygens (including phenoxy) is 1. The summed E-state index contributed by atoms with van der Waals surface area (Å²) in [6, 6.07) is 0.740. The summed E-state index contributed by atoms with van der Waals surface area (Å²) in [4.78, 5) is 21.9. The van der Waals surface area contributed by atoms with E-state index in [2.05, 4.69) is 15.2 Å². The van der Waals surface area contributed by atoms with Crippen molar-refractivity contribution in [2.75, 3.05) is 50.1 Å². The molecule has 1 unspecified atom stereocenters. The van der Waals surface area contributed by atoms with Crippen LogP contribution in [0.4, 0.5) is 16.5 Å². The molecule has 2 aromatic heterocycles. The Morgan fingerprint density at radius 1 is 1.36 bits per heavy atom. The van der Waals surface area contributed by atoms with Gasteiger partial charge in [0.1, 0.15) is 6.61 Å². The Balaban J connectivity index is 1.42. The number of aromatic nitrogens is 4. The number of likely N-dealkylation sites (N-methyl/N-ethyl adjacent to an activating group) is 1. The molecule has 10 heteroatoms. The van der Waals surface area contributed by atoms with E-state index >= 15 is 0 Å². The SMILES string of the molecule is COCc1noc(N2CCC(n3cc(N4CCN(C)C4=O)cn3)C2)n1. The second-order valence-corrected chi connectivity index (χ2v) is 6.35. The molecule has 2 aromatic rings. The third-order valence-corrected chi connectivity index (χ3v) is 4.65. The first-order valence-electron chi connectivity index (χ1n) is 8.29. The molecule has 0 bridgehead atoms. The van der Waals surface area contributed by atoms with Crippen LogP contribution in [0.5, 0.6) is 0 Å². The predicted molar refractivity (Wildman–Crippen MR) is 88.5 cm³/mol. The number of carbonyl (C=O) groups excluding carboxylic acids is 1. The number of methoxy groups -OCH3 is 1. The van der Waals surface area contributed by atoms with Gasteiger partial charge >= 0.3 is 12.0 Å². The number of carbonyl (C=O) groups is 1. The molecule has 0 radical (unpaired) electrons. The average Bonchev–Trinajstić information content (AvgIpc) is 3.36. The highest BCUT2D eigenvalue weighted by Gasteiger charge is 2.31. The fraction of sp³-hybridized carbons (Fsp3) is 0.600. The standard InChI is InChI=1S/C15H21N7O3/c1-19-5-6-21(15(19)23)12-7-16-22(9-12)11-3-4-20(8-11)14-17-13(10-24-2)18-25-14/h7,9,11H,3-6,8,10H2,1-2H3. The number of urea groups is 1. The molecule has 10 nitrogen and oxygen atoms in total. The van der Waals surface area contributed by atoms with Crippen LogP contribution in [0.15, 0.2) is 16.9 Å². The lowest BCUT2D eigenvalue weighted by Gasteiger charge is -2.14. The molecule has 2 aliphatic heterocycles. The molecule has 2 aliphatic rings. The number of hydrogen-bond donors (Lipinski definition) is 0. The van der Waals surface area contributed by atoms with Gasteiger partial charge in [0, 0.05) is 46.5 Å². The van der Waals surface area contributed by atoms with Crippen LogP contribution >= 0.6 is 0 Å². The van der Waals surface area contributed by atoms with Crippen molar-refractivity contribution in [1.82, 2.24) is 24.8 Å². The van der Waals surface area contributed by atoms with Crippen molar-refractivity contribution >= 4 is 17.7 Å². The van der Waals surface area contributed by atoms with Crippen molar-refractivity contribution in [2.24, 2.45) is 0 Å². The van der Waals surface area contributed by atoms with E-state index in [0.29, 0.717) is 25.0 Å². The molecular weight excluding hydrogens is 326 g/mol. The van der Waals surface area contributed by atoms with Crippen LogP contribution in [0.25, 0.3) is 0 Å². The molecule has 1 atom stereocenters. The number of rotatable bonds is 5. The first-order chi connectivity index (χ1) is 12.2. The molecule has 0 saturated carbocycles. The Kier molecular flexibility index (Phi) is 4.04. The number of anilines is 2. The van der Waals surface area contributed by atoms with Gasteiger partial charge in [-0.05, 0) is 6.42 Å². The second kappa shape index (κ2) is 6.36. The molecule has 134 valence electrons. The molecule has 0 aromatic carbocycles. The summed E-state index contributed by atoms with van der Waals surface area (Å²) >= 11 is 0. The quantitative estimate of drug-likeness (QED) is 0.787. The summed E-state index contributed by atoms with van der Waals surface area (Å²) in [5.41, 5.74) is 0.841. The summed E-state index contributed by atoms with van der Waals surface area (Å²) in [7, 11) is 3.41. The molecule has 25 heavy (non-hydrogen) atoms. The lowest BCUT2D eigenvalue weighted by atomic mass is 10.3. The van der Waals surface area contributed by atoms with E-state index < -0.39 is 0 Å². The smallest absolute Gasteiger partial charge is 0.324 e. The third kappa shape index (κ3) is 2.93. The summed E-state index contributed by atoms with van der Waals surface area (Å²) in [5.74, 6) is 0.541. The van der Waals surface area contributed by atoms with Gasteiger partial charge in [0.25, 0.3) is 0 Å². The Morgan fingerprint density at radius 2 is 2.24 bits per heavy atom. The summed E-state index contributed by atoms with van der Waals surface area (Å²) < 4.78 is 12.2. The van der Waals surface area contributed by atoms with Gasteiger partial charge in [-0.25, -0.2) is 4.79 Å². The maximum Gasteiger partial charge on any atom is 0.324 e. The molecule has 0 spiro atoms. The van der Waals surface area contributed by atoms with E-state index in [-0.39, 0.29) is 12.1 Å². The van der Waals surface area contributed by atoms with Gasteiger partial charge in [-0.2, -0.15) is 10.1 Å². The molecule has 4 rings (SSSR count). The van der Waals surface area contributed by atoms with Crippen molar-refractivity contribution in [3.05, 3.63) is 18.2 Å². The van der Waals surface area contributed by atoms with E-state index in [4.69, 9.17) is 9.26 Å². The van der Waals surface area contributed by atoms with Gasteiger partial charge in [-0.3, -0.25) is 9.58 Å². The minimum Gasteiger partial charge on any atom is -0.377 e. The Hall–Kier alpha value is -2.62. The first-order valence-corrected chi connectivity index (χ1v) is 8.29. The van der Waals surface area contributed by atoms with E-state index in [9.17, 15) is 4.79 Å².